The molecule has 0 bridgehead atoms. The third-order valence-electron chi connectivity index (χ3n) is 4.06. The van der Waals surface area contributed by atoms with Crippen molar-refractivity contribution < 1.29 is 18.8 Å². The van der Waals surface area contributed by atoms with E-state index in [2.05, 4.69) is 21.2 Å². The van der Waals surface area contributed by atoms with Gasteiger partial charge in [0.1, 0.15) is 12.4 Å². The van der Waals surface area contributed by atoms with Crippen LogP contribution >= 0.6 is 27.7 Å². The van der Waals surface area contributed by atoms with Crippen molar-refractivity contribution in [2.75, 3.05) is 11.9 Å². The number of carbonyl (C=O) groups is 3. The van der Waals surface area contributed by atoms with Gasteiger partial charge in [0.2, 0.25) is 5.91 Å². The SMILES string of the molecule is CCc1ccc(NC(=O)CN2C(=O)S/C(=C/c3ccc(F)c(Br)c3)C2=O)cc1. The fourth-order valence-corrected chi connectivity index (χ4v) is 3.79. The molecule has 144 valence electrons. The molecule has 1 heterocycles. The van der Waals surface area contributed by atoms with Crippen LogP contribution in [0.1, 0.15) is 18.1 Å². The standard InChI is InChI=1S/C20H16BrFN2O3S/c1-2-12-3-6-14(7-4-12)23-18(25)11-24-19(26)17(28-20(24)27)10-13-5-8-16(22)15(21)9-13/h3-10H,2,11H2,1H3,(H,23,25)/b17-10+. The lowest BCUT2D eigenvalue weighted by Gasteiger charge is -2.12. The van der Waals surface area contributed by atoms with Crippen LogP contribution in [0.25, 0.3) is 6.08 Å². The van der Waals surface area contributed by atoms with E-state index >= 15 is 0 Å². The minimum Gasteiger partial charge on any atom is -0.325 e. The largest absolute Gasteiger partial charge is 0.325 e. The number of halogens is 2. The van der Waals surface area contributed by atoms with Crippen LogP contribution in [0.5, 0.6) is 0 Å². The molecule has 5 nitrogen and oxygen atoms in total. The first kappa shape index (κ1) is 20.3. The highest BCUT2D eigenvalue weighted by Crippen LogP contribution is 2.32. The van der Waals surface area contributed by atoms with Gasteiger partial charge in [-0.2, -0.15) is 0 Å². The number of nitrogens with zero attached hydrogens (tertiary/aromatic N) is 1. The first-order valence-electron chi connectivity index (χ1n) is 8.46. The van der Waals surface area contributed by atoms with Gasteiger partial charge in [-0.15, -0.1) is 0 Å². The lowest BCUT2D eigenvalue weighted by atomic mass is 10.1. The van der Waals surface area contributed by atoms with E-state index in [0.717, 1.165) is 28.6 Å². The Labute approximate surface area is 174 Å². The molecular weight excluding hydrogens is 447 g/mol. The summed E-state index contributed by atoms with van der Waals surface area (Å²) in [6, 6.07) is 11.6. The van der Waals surface area contributed by atoms with Crippen molar-refractivity contribution in [3.63, 3.8) is 0 Å². The summed E-state index contributed by atoms with van der Waals surface area (Å²) in [4.78, 5) is 38.0. The summed E-state index contributed by atoms with van der Waals surface area (Å²) in [6.07, 6.45) is 2.39. The fourth-order valence-electron chi connectivity index (χ4n) is 2.56. The second-order valence-electron chi connectivity index (χ2n) is 6.04. The molecule has 0 saturated carbocycles. The molecule has 0 radical (unpaired) electrons. The smallest absolute Gasteiger partial charge is 0.294 e. The van der Waals surface area contributed by atoms with E-state index in [1.165, 1.54) is 24.3 Å². The van der Waals surface area contributed by atoms with Crippen molar-refractivity contribution in [2.24, 2.45) is 0 Å². The van der Waals surface area contributed by atoms with Crippen molar-refractivity contribution in [1.82, 2.24) is 4.90 Å². The average molecular weight is 463 g/mol. The van der Waals surface area contributed by atoms with E-state index < -0.39 is 22.9 Å². The van der Waals surface area contributed by atoms with Crippen LogP contribution in [-0.2, 0) is 16.0 Å². The minimum atomic E-state index is -0.549. The summed E-state index contributed by atoms with van der Waals surface area (Å²) in [7, 11) is 0. The zero-order valence-corrected chi connectivity index (χ0v) is 17.3. The van der Waals surface area contributed by atoms with Crippen molar-refractivity contribution in [1.29, 1.82) is 0 Å². The number of thioether (sulfide) groups is 1. The van der Waals surface area contributed by atoms with E-state index in [9.17, 15) is 18.8 Å². The van der Waals surface area contributed by atoms with Crippen molar-refractivity contribution >= 4 is 56.5 Å². The molecule has 0 aromatic heterocycles. The molecule has 8 heteroatoms. The first-order chi connectivity index (χ1) is 13.4. The summed E-state index contributed by atoms with van der Waals surface area (Å²) in [6.45, 7) is 1.66. The number of aryl methyl sites for hydroxylation is 1. The van der Waals surface area contributed by atoms with Crippen molar-refractivity contribution in [3.05, 3.63) is 68.8 Å². The molecule has 2 aromatic rings. The molecule has 1 aliphatic heterocycles. The minimum absolute atomic E-state index is 0.184. The van der Waals surface area contributed by atoms with Gasteiger partial charge in [0.25, 0.3) is 11.1 Å². The molecule has 1 fully saturated rings. The average Bonchev–Trinajstić information content (AvgIpc) is 2.92. The summed E-state index contributed by atoms with van der Waals surface area (Å²) in [5, 5.41) is 2.16. The number of amides is 3. The van der Waals surface area contributed by atoms with Crippen LogP contribution in [0.2, 0.25) is 0 Å². The Kier molecular flexibility index (Phi) is 6.31. The molecule has 1 aliphatic rings. The van der Waals surface area contributed by atoms with Crippen LogP contribution < -0.4 is 5.32 Å². The van der Waals surface area contributed by atoms with Gasteiger partial charge in [0, 0.05) is 5.69 Å². The lowest BCUT2D eigenvalue weighted by molar-refractivity contribution is -0.127. The Morgan fingerprint density at radius 3 is 2.57 bits per heavy atom. The van der Waals surface area contributed by atoms with E-state index in [-0.39, 0.29) is 15.9 Å². The van der Waals surface area contributed by atoms with E-state index in [1.54, 1.807) is 12.1 Å². The Bertz CT molecular complexity index is 976. The zero-order valence-electron chi connectivity index (χ0n) is 14.9. The highest BCUT2D eigenvalue weighted by Gasteiger charge is 2.36. The maximum Gasteiger partial charge on any atom is 0.294 e. The van der Waals surface area contributed by atoms with Gasteiger partial charge in [0.05, 0.1) is 9.38 Å². The highest BCUT2D eigenvalue weighted by molar-refractivity contribution is 9.10. The Hall–Kier alpha value is -2.45. The summed E-state index contributed by atoms with van der Waals surface area (Å²) < 4.78 is 13.6. The van der Waals surface area contributed by atoms with Gasteiger partial charge in [-0.1, -0.05) is 25.1 Å². The number of nitrogens with one attached hydrogen (secondary N) is 1. The maximum absolute atomic E-state index is 13.3. The second kappa shape index (κ2) is 8.70. The topological polar surface area (TPSA) is 66.5 Å². The molecule has 2 aromatic carbocycles. The molecule has 28 heavy (non-hydrogen) atoms. The molecular formula is C20H16BrFN2O3S. The highest BCUT2D eigenvalue weighted by atomic mass is 79.9. The predicted molar refractivity (Wildman–Crippen MR) is 111 cm³/mol. The van der Waals surface area contributed by atoms with E-state index in [0.29, 0.717) is 11.3 Å². The van der Waals surface area contributed by atoms with Gasteiger partial charge >= 0.3 is 0 Å². The van der Waals surface area contributed by atoms with Gasteiger partial charge < -0.3 is 5.32 Å². The van der Waals surface area contributed by atoms with Crippen molar-refractivity contribution in [2.45, 2.75) is 13.3 Å². The monoisotopic (exact) mass is 462 g/mol. The molecule has 0 atom stereocenters. The number of hydrogen-bond acceptors (Lipinski definition) is 4. The maximum atomic E-state index is 13.3. The normalized spacial score (nSPS) is 15.4. The molecule has 3 amide bonds. The molecule has 0 unspecified atom stereocenters. The molecule has 3 rings (SSSR count). The summed E-state index contributed by atoms with van der Waals surface area (Å²) in [5.41, 5.74) is 2.31. The predicted octanol–water partition coefficient (Wildman–Crippen LogP) is 4.83. The number of benzene rings is 2. The second-order valence-corrected chi connectivity index (χ2v) is 7.89. The van der Waals surface area contributed by atoms with Gasteiger partial charge in [0.15, 0.2) is 0 Å². The number of carbonyl (C=O) groups excluding carboxylic acids is 3. The Morgan fingerprint density at radius 1 is 1.21 bits per heavy atom. The number of anilines is 1. The van der Waals surface area contributed by atoms with Gasteiger partial charge in [-0.3, -0.25) is 19.3 Å². The Balaban J connectivity index is 1.68. The molecule has 0 aliphatic carbocycles. The van der Waals surface area contributed by atoms with E-state index in [4.69, 9.17) is 0 Å². The van der Waals surface area contributed by atoms with Crippen LogP contribution in [0.4, 0.5) is 14.9 Å². The van der Waals surface area contributed by atoms with Gasteiger partial charge in [-0.05, 0) is 75.6 Å². The van der Waals surface area contributed by atoms with Crippen LogP contribution in [0.15, 0.2) is 51.8 Å². The third kappa shape index (κ3) is 4.69. The molecule has 1 saturated heterocycles. The summed E-state index contributed by atoms with van der Waals surface area (Å²) >= 11 is 3.83. The Morgan fingerprint density at radius 2 is 1.93 bits per heavy atom. The van der Waals surface area contributed by atoms with Crippen molar-refractivity contribution in [3.8, 4) is 0 Å². The van der Waals surface area contributed by atoms with Crippen LogP contribution in [0.3, 0.4) is 0 Å². The van der Waals surface area contributed by atoms with E-state index in [1.807, 2.05) is 19.1 Å². The molecule has 1 N–H and O–H groups in total. The van der Waals surface area contributed by atoms with Gasteiger partial charge in [-0.25, -0.2) is 4.39 Å². The third-order valence-corrected chi connectivity index (χ3v) is 5.58. The lowest BCUT2D eigenvalue weighted by Crippen LogP contribution is -2.36. The molecule has 0 spiro atoms. The number of imide groups is 1. The zero-order chi connectivity index (χ0) is 20.3. The van der Waals surface area contributed by atoms with Crippen LogP contribution in [-0.4, -0.2) is 28.5 Å². The number of rotatable bonds is 5. The number of hydrogen-bond donors (Lipinski definition) is 1. The summed E-state index contributed by atoms with van der Waals surface area (Å²) in [5.74, 6) is -1.43. The first-order valence-corrected chi connectivity index (χ1v) is 10.1. The fraction of sp³-hybridized carbons (Fsp3) is 0.150. The quantitative estimate of drug-likeness (QED) is 0.646. The van der Waals surface area contributed by atoms with Crippen LogP contribution in [0, 0.1) is 5.82 Å².